The Morgan fingerprint density at radius 1 is 1.43 bits per heavy atom. The fourth-order valence-electron chi connectivity index (χ4n) is 2.50. The lowest BCUT2D eigenvalue weighted by Crippen LogP contribution is -2.63. The molecule has 1 saturated heterocycles. The van der Waals surface area contributed by atoms with Crippen LogP contribution in [0.3, 0.4) is 0 Å². The summed E-state index contributed by atoms with van der Waals surface area (Å²) < 4.78 is 0. The highest BCUT2D eigenvalue weighted by molar-refractivity contribution is 5.90. The summed E-state index contributed by atoms with van der Waals surface area (Å²) in [4.78, 5) is 37.8. The molecule has 0 spiro atoms. The minimum Gasteiger partial charge on any atom is -0.480 e. The Morgan fingerprint density at radius 3 is 2.52 bits per heavy atom. The molecule has 0 bridgehead atoms. The van der Waals surface area contributed by atoms with Crippen molar-refractivity contribution in [1.82, 2.24) is 15.1 Å². The van der Waals surface area contributed by atoms with Crippen LogP contribution in [0.2, 0.25) is 0 Å². The van der Waals surface area contributed by atoms with Crippen LogP contribution in [0.1, 0.15) is 26.7 Å². The topological polar surface area (TPSA) is 110 Å². The maximum atomic E-state index is 12.6. The van der Waals surface area contributed by atoms with Crippen molar-refractivity contribution in [3.8, 4) is 0 Å². The number of carbonyl (C=O) groups excluding carboxylic acids is 2. The molecule has 0 aromatic carbocycles. The van der Waals surface area contributed by atoms with Gasteiger partial charge in [-0.05, 0) is 12.8 Å². The molecular weight excluding hydrogens is 278 g/mol. The number of carboxylic acids is 1. The number of rotatable bonds is 6. The number of aliphatic hydroxyl groups is 1. The van der Waals surface area contributed by atoms with Crippen LogP contribution in [0.25, 0.3) is 0 Å². The van der Waals surface area contributed by atoms with Crippen molar-refractivity contribution in [2.24, 2.45) is 0 Å². The molecule has 8 nitrogen and oxygen atoms in total. The van der Waals surface area contributed by atoms with Crippen LogP contribution in [0, 0.1) is 0 Å². The molecule has 1 atom stereocenters. The average Bonchev–Trinajstić information content (AvgIpc) is 2.46. The van der Waals surface area contributed by atoms with Gasteiger partial charge in [0.15, 0.2) is 0 Å². The van der Waals surface area contributed by atoms with Crippen LogP contribution in [0.4, 0.5) is 4.79 Å². The molecule has 1 unspecified atom stereocenters. The molecular formula is C13H23N3O5. The number of aliphatic carboxylic acids is 1. The number of piperazine rings is 1. The van der Waals surface area contributed by atoms with E-state index in [-0.39, 0.29) is 38.2 Å². The summed E-state index contributed by atoms with van der Waals surface area (Å²) >= 11 is 0. The summed E-state index contributed by atoms with van der Waals surface area (Å²) in [5.74, 6) is -1.54. The number of carboxylic acid groups (broad SMARTS) is 1. The molecule has 1 heterocycles. The van der Waals surface area contributed by atoms with Gasteiger partial charge in [-0.3, -0.25) is 9.69 Å². The smallest absolute Gasteiger partial charge is 0.328 e. The largest absolute Gasteiger partial charge is 0.480 e. The average molecular weight is 301 g/mol. The molecule has 8 heteroatoms. The molecule has 0 aromatic rings. The number of urea groups is 1. The molecule has 0 aliphatic carbocycles. The first kappa shape index (κ1) is 17.2. The van der Waals surface area contributed by atoms with Crippen LogP contribution in [0.5, 0.6) is 0 Å². The number of aliphatic hydroxyl groups excluding tert-OH is 1. The maximum absolute atomic E-state index is 12.6. The van der Waals surface area contributed by atoms with Crippen molar-refractivity contribution < 1.29 is 24.6 Å². The van der Waals surface area contributed by atoms with Gasteiger partial charge in [-0.2, -0.15) is 0 Å². The highest BCUT2D eigenvalue weighted by atomic mass is 16.4. The Morgan fingerprint density at radius 2 is 2.05 bits per heavy atom. The van der Waals surface area contributed by atoms with Gasteiger partial charge in [0.1, 0.15) is 12.6 Å². The van der Waals surface area contributed by atoms with E-state index in [1.54, 1.807) is 0 Å². The molecule has 0 radical (unpaired) electrons. The third-order valence-corrected chi connectivity index (χ3v) is 3.68. The number of hydrogen-bond acceptors (Lipinski definition) is 4. The highest BCUT2D eigenvalue weighted by Gasteiger charge is 2.38. The summed E-state index contributed by atoms with van der Waals surface area (Å²) in [6, 6.07) is -1.69. The van der Waals surface area contributed by atoms with Gasteiger partial charge in [0.2, 0.25) is 5.91 Å². The minimum absolute atomic E-state index is 0.0934. The minimum atomic E-state index is -1.16. The summed E-state index contributed by atoms with van der Waals surface area (Å²) in [5.41, 5.74) is 0. The molecule has 0 saturated carbocycles. The van der Waals surface area contributed by atoms with E-state index in [2.05, 4.69) is 5.32 Å². The monoisotopic (exact) mass is 301 g/mol. The summed E-state index contributed by atoms with van der Waals surface area (Å²) in [5, 5.41) is 20.8. The summed E-state index contributed by atoms with van der Waals surface area (Å²) in [7, 11) is 0. The molecule has 120 valence electrons. The van der Waals surface area contributed by atoms with Gasteiger partial charge >= 0.3 is 12.0 Å². The number of hydrogen-bond donors (Lipinski definition) is 3. The first-order valence-corrected chi connectivity index (χ1v) is 7.13. The summed E-state index contributed by atoms with van der Waals surface area (Å²) in [6.45, 7) is 3.37. The van der Waals surface area contributed by atoms with Crippen LogP contribution >= 0.6 is 0 Å². The molecule has 1 rings (SSSR count). The van der Waals surface area contributed by atoms with Gasteiger partial charge < -0.3 is 20.4 Å². The Bertz CT molecular complexity index is 397. The Hall–Kier alpha value is -1.83. The number of carbonyl (C=O) groups is 3. The quantitative estimate of drug-likeness (QED) is 0.611. The maximum Gasteiger partial charge on any atom is 0.328 e. The number of nitrogens with one attached hydrogen (secondary N) is 1. The lowest BCUT2D eigenvalue weighted by atomic mass is 10.1. The first-order chi connectivity index (χ1) is 9.96. The van der Waals surface area contributed by atoms with Crippen LogP contribution in [-0.4, -0.2) is 76.2 Å². The van der Waals surface area contributed by atoms with Crippen molar-refractivity contribution in [3.63, 3.8) is 0 Å². The predicted octanol–water partition coefficient (Wildman–Crippen LogP) is -0.526. The van der Waals surface area contributed by atoms with Gasteiger partial charge in [-0.15, -0.1) is 0 Å². The second kappa shape index (κ2) is 7.82. The normalized spacial score (nSPS) is 18.6. The first-order valence-electron chi connectivity index (χ1n) is 7.13. The van der Waals surface area contributed by atoms with Gasteiger partial charge in [-0.25, -0.2) is 9.59 Å². The lowest BCUT2D eigenvalue weighted by molar-refractivity contribution is -0.144. The predicted molar refractivity (Wildman–Crippen MR) is 74.7 cm³/mol. The zero-order chi connectivity index (χ0) is 16.0. The lowest BCUT2D eigenvalue weighted by Gasteiger charge is -2.39. The van der Waals surface area contributed by atoms with Gasteiger partial charge in [0, 0.05) is 19.1 Å². The molecule has 1 fully saturated rings. The van der Waals surface area contributed by atoms with Crippen LogP contribution in [-0.2, 0) is 9.59 Å². The highest BCUT2D eigenvalue weighted by Crippen LogP contribution is 2.15. The summed E-state index contributed by atoms with van der Waals surface area (Å²) in [6.07, 6.45) is 1.39. The molecule has 3 amide bonds. The van der Waals surface area contributed by atoms with E-state index in [0.717, 1.165) is 4.90 Å². The SMILES string of the molecule is CCC(CC)N(CCO)C(=O)N1CC(=O)NCC1C(=O)O. The van der Waals surface area contributed by atoms with E-state index in [0.29, 0.717) is 12.8 Å². The third kappa shape index (κ3) is 4.07. The third-order valence-electron chi connectivity index (χ3n) is 3.68. The van der Waals surface area contributed by atoms with E-state index in [4.69, 9.17) is 5.11 Å². The van der Waals surface area contributed by atoms with E-state index in [1.165, 1.54) is 4.90 Å². The molecule has 21 heavy (non-hydrogen) atoms. The second-order valence-corrected chi connectivity index (χ2v) is 4.96. The Kier molecular flexibility index (Phi) is 6.41. The molecule has 1 aliphatic heterocycles. The van der Waals surface area contributed by atoms with E-state index < -0.39 is 18.0 Å². The van der Waals surface area contributed by atoms with Crippen molar-refractivity contribution in [1.29, 1.82) is 0 Å². The molecule has 3 N–H and O–H groups in total. The molecule has 1 aliphatic rings. The molecule has 0 aromatic heterocycles. The number of amides is 3. The van der Waals surface area contributed by atoms with Gasteiger partial charge in [0.05, 0.1) is 6.61 Å². The zero-order valence-electron chi connectivity index (χ0n) is 12.4. The Balaban J connectivity index is 2.97. The van der Waals surface area contributed by atoms with Crippen molar-refractivity contribution in [2.45, 2.75) is 38.8 Å². The van der Waals surface area contributed by atoms with Crippen LogP contribution < -0.4 is 5.32 Å². The van der Waals surface area contributed by atoms with E-state index in [9.17, 15) is 19.5 Å². The fraction of sp³-hybridized carbons (Fsp3) is 0.769. The zero-order valence-corrected chi connectivity index (χ0v) is 12.4. The fourth-order valence-corrected chi connectivity index (χ4v) is 2.50. The van der Waals surface area contributed by atoms with Crippen molar-refractivity contribution in [2.75, 3.05) is 26.2 Å². The number of nitrogens with zero attached hydrogens (tertiary/aromatic N) is 2. The standard InChI is InChI=1S/C13H23N3O5/c1-3-9(4-2)15(5-6-17)13(21)16-8-11(18)14-7-10(16)12(19)20/h9-10,17H,3-8H2,1-2H3,(H,14,18)(H,19,20). The van der Waals surface area contributed by atoms with Crippen molar-refractivity contribution in [3.05, 3.63) is 0 Å². The van der Waals surface area contributed by atoms with Gasteiger partial charge in [0.25, 0.3) is 0 Å². The second-order valence-electron chi connectivity index (χ2n) is 4.96. The van der Waals surface area contributed by atoms with Gasteiger partial charge in [-0.1, -0.05) is 13.8 Å². The van der Waals surface area contributed by atoms with Crippen molar-refractivity contribution >= 4 is 17.9 Å². The Labute approximate surface area is 123 Å². The van der Waals surface area contributed by atoms with E-state index in [1.807, 2.05) is 13.8 Å². The van der Waals surface area contributed by atoms with Crippen LogP contribution in [0.15, 0.2) is 0 Å². The van der Waals surface area contributed by atoms with E-state index >= 15 is 0 Å².